The lowest BCUT2D eigenvalue weighted by Gasteiger charge is -2.08. The van der Waals surface area contributed by atoms with Gasteiger partial charge in [0.05, 0.1) is 22.7 Å². The summed E-state index contributed by atoms with van der Waals surface area (Å²) in [5.74, 6) is -0.941. The largest absolute Gasteiger partial charge is 0.478 e. The summed E-state index contributed by atoms with van der Waals surface area (Å²) in [7, 11) is 0. The number of carboxylic acids is 1. The second kappa shape index (κ2) is 6.99. The standard InChI is InChI=1S/C20H17N5O3/c1-12-2-4-13(5-3-12)9-21-15-6-7-17-16(8-15)18(26)24-20(23-17)25-11-14(10-22-25)19(27)28/h2-8,10-11,21H,9H2,1H3,(H,27,28)(H,23,24,26). The molecule has 0 fully saturated rings. The number of H-pyrrole nitrogens is 1. The minimum Gasteiger partial charge on any atom is -0.478 e. The van der Waals surface area contributed by atoms with Crippen LogP contribution in [-0.2, 0) is 6.54 Å². The van der Waals surface area contributed by atoms with Crippen LogP contribution in [0.15, 0.2) is 59.7 Å². The highest BCUT2D eigenvalue weighted by molar-refractivity contribution is 5.87. The number of carbonyl (C=O) groups is 1. The maximum absolute atomic E-state index is 12.5. The molecule has 0 bridgehead atoms. The number of aromatic carboxylic acids is 1. The van der Waals surface area contributed by atoms with E-state index in [1.165, 1.54) is 22.6 Å². The molecule has 0 spiro atoms. The molecule has 0 aliphatic rings. The quantitative estimate of drug-likeness (QED) is 0.494. The Bertz CT molecular complexity index is 1220. The van der Waals surface area contributed by atoms with Crippen molar-refractivity contribution >= 4 is 22.6 Å². The summed E-state index contributed by atoms with van der Waals surface area (Å²) in [5.41, 5.74) is 3.33. The summed E-state index contributed by atoms with van der Waals surface area (Å²) in [6.45, 7) is 2.68. The zero-order chi connectivity index (χ0) is 19.7. The lowest BCUT2D eigenvalue weighted by molar-refractivity contribution is 0.0697. The molecule has 2 aromatic heterocycles. The number of anilines is 1. The highest BCUT2D eigenvalue weighted by Gasteiger charge is 2.11. The SMILES string of the molecule is Cc1ccc(CNc2ccc3nc(-n4cc(C(=O)O)cn4)[nH]c(=O)c3c2)cc1. The van der Waals surface area contributed by atoms with Crippen molar-refractivity contribution in [2.24, 2.45) is 0 Å². The molecule has 4 aromatic rings. The minimum absolute atomic E-state index is 0.0124. The number of hydrogen-bond acceptors (Lipinski definition) is 5. The number of aryl methyl sites for hydroxylation is 1. The summed E-state index contributed by atoms with van der Waals surface area (Å²) in [5, 5.41) is 16.7. The highest BCUT2D eigenvalue weighted by Crippen LogP contribution is 2.17. The monoisotopic (exact) mass is 375 g/mol. The molecule has 0 aliphatic heterocycles. The normalized spacial score (nSPS) is 10.9. The van der Waals surface area contributed by atoms with Crippen LogP contribution in [0.1, 0.15) is 21.5 Å². The fraction of sp³-hybridized carbons (Fsp3) is 0.100. The van der Waals surface area contributed by atoms with E-state index in [9.17, 15) is 9.59 Å². The first-order chi connectivity index (χ1) is 13.5. The van der Waals surface area contributed by atoms with E-state index in [0.717, 1.165) is 11.3 Å². The second-order valence-corrected chi connectivity index (χ2v) is 6.44. The van der Waals surface area contributed by atoms with Crippen molar-refractivity contribution in [3.05, 3.63) is 81.9 Å². The van der Waals surface area contributed by atoms with Crippen LogP contribution >= 0.6 is 0 Å². The van der Waals surface area contributed by atoms with E-state index < -0.39 is 5.97 Å². The number of nitrogens with one attached hydrogen (secondary N) is 2. The van der Waals surface area contributed by atoms with Gasteiger partial charge in [0.15, 0.2) is 0 Å². The first-order valence-corrected chi connectivity index (χ1v) is 8.61. The van der Waals surface area contributed by atoms with E-state index in [1.807, 2.05) is 13.0 Å². The Labute approximate surface area is 159 Å². The topological polar surface area (TPSA) is 113 Å². The number of benzene rings is 2. The van der Waals surface area contributed by atoms with Gasteiger partial charge in [0, 0.05) is 18.4 Å². The fourth-order valence-corrected chi connectivity index (χ4v) is 2.80. The Hall–Kier alpha value is -3.94. The Morgan fingerprint density at radius 2 is 2.00 bits per heavy atom. The number of fused-ring (bicyclic) bond motifs is 1. The minimum atomic E-state index is -1.10. The molecule has 0 radical (unpaired) electrons. The Balaban J connectivity index is 1.61. The number of hydrogen-bond donors (Lipinski definition) is 3. The Kier molecular flexibility index (Phi) is 4.36. The van der Waals surface area contributed by atoms with E-state index >= 15 is 0 Å². The molecular formula is C20H17N5O3. The van der Waals surface area contributed by atoms with Crippen LogP contribution in [0, 0.1) is 6.92 Å². The maximum atomic E-state index is 12.5. The van der Waals surface area contributed by atoms with E-state index in [1.54, 1.807) is 12.1 Å². The van der Waals surface area contributed by atoms with Crippen molar-refractivity contribution in [1.29, 1.82) is 0 Å². The highest BCUT2D eigenvalue weighted by atomic mass is 16.4. The van der Waals surface area contributed by atoms with Crippen LogP contribution in [0.3, 0.4) is 0 Å². The lowest BCUT2D eigenvalue weighted by atomic mass is 10.1. The van der Waals surface area contributed by atoms with Crippen molar-refractivity contribution in [3.63, 3.8) is 0 Å². The van der Waals surface area contributed by atoms with E-state index in [-0.39, 0.29) is 17.1 Å². The van der Waals surface area contributed by atoms with Gasteiger partial charge >= 0.3 is 5.97 Å². The number of aromatic nitrogens is 4. The fourth-order valence-electron chi connectivity index (χ4n) is 2.80. The van der Waals surface area contributed by atoms with Gasteiger partial charge in [-0.1, -0.05) is 29.8 Å². The number of aromatic amines is 1. The van der Waals surface area contributed by atoms with Crippen molar-refractivity contribution in [3.8, 4) is 5.95 Å². The van der Waals surface area contributed by atoms with Crippen LogP contribution in [0.4, 0.5) is 5.69 Å². The van der Waals surface area contributed by atoms with Gasteiger partial charge in [0.25, 0.3) is 5.56 Å². The van der Waals surface area contributed by atoms with Crippen molar-refractivity contribution in [2.45, 2.75) is 13.5 Å². The summed E-state index contributed by atoms with van der Waals surface area (Å²) in [4.78, 5) is 30.5. The molecule has 3 N–H and O–H groups in total. The van der Waals surface area contributed by atoms with Gasteiger partial charge in [-0.3, -0.25) is 9.78 Å². The molecule has 0 atom stereocenters. The van der Waals surface area contributed by atoms with Crippen LogP contribution in [0.25, 0.3) is 16.9 Å². The first kappa shape index (κ1) is 17.5. The third-order valence-corrected chi connectivity index (χ3v) is 4.36. The Morgan fingerprint density at radius 1 is 1.21 bits per heavy atom. The van der Waals surface area contributed by atoms with Gasteiger partial charge in [-0.05, 0) is 30.7 Å². The molecule has 0 saturated carbocycles. The third-order valence-electron chi connectivity index (χ3n) is 4.36. The summed E-state index contributed by atoms with van der Waals surface area (Å²) in [6.07, 6.45) is 2.49. The number of carboxylic acid groups (broad SMARTS) is 1. The molecule has 2 heterocycles. The molecule has 8 nitrogen and oxygen atoms in total. The van der Waals surface area contributed by atoms with E-state index in [0.29, 0.717) is 17.4 Å². The van der Waals surface area contributed by atoms with E-state index in [2.05, 4.69) is 44.6 Å². The van der Waals surface area contributed by atoms with Gasteiger partial charge in [-0.25, -0.2) is 14.5 Å². The molecule has 0 unspecified atom stereocenters. The molecule has 28 heavy (non-hydrogen) atoms. The van der Waals surface area contributed by atoms with Crippen LogP contribution in [-0.4, -0.2) is 30.8 Å². The smallest absolute Gasteiger partial charge is 0.338 e. The zero-order valence-corrected chi connectivity index (χ0v) is 15.0. The van der Waals surface area contributed by atoms with E-state index in [4.69, 9.17) is 5.11 Å². The first-order valence-electron chi connectivity index (χ1n) is 8.61. The molecule has 4 rings (SSSR count). The predicted octanol–water partition coefficient (Wildman–Crippen LogP) is 2.73. The second-order valence-electron chi connectivity index (χ2n) is 6.44. The third kappa shape index (κ3) is 3.48. The molecule has 0 saturated heterocycles. The lowest BCUT2D eigenvalue weighted by Crippen LogP contribution is -2.14. The van der Waals surface area contributed by atoms with Gasteiger partial charge in [0.1, 0.15) is 0 Å². The zero-order valence-electron chi connectivity index (χ0n) is 15.0. The van der Waals surface area contributed by atoms with Crippen LogP contribution < -0.4 is 10.9 Å². The van der Waals surface area contributed by atoms with Crippen LogP contribution in [0.2, 0.25) is 0 Å². The van der Waals surface area contributed by atoms with Gasteiger partial charge in [-0.2, -0.15) is 5.10 Å². The molecule has 0 amide bonds. The van der Waals surface area contributed by atoms with Crippen molar-refractivity contribution in [1.82, 2.24) is 19.7 Å². The molecule has 2 aromatic carbocycles. The van der Waals surface area contributed by atoms with Gasteiger partial charge < -0.3 is 10.4 Å². The molecule has 8 heteroatoms. The molecular weight excluding hydrogens is 358 g/mol. The molecule has 140 valence electrons. The average molecular weight is 375 g/mol. The molecule has 0 aliphatic carbocycles. The maximum Gasteiger partial charge on any atom is 0.338 e. The number of rotatable bonds is 5. The van der Waals surface area contributed by atoms with Gasteiger partial charge in [0.2, 0.25) is 5.95 Å². The Morgan fingerprint density at radius 3 is 2.71 bits per heavy atom. The summed E-state index contributed by atoms with van der Waals surface area (Å²) < 4.78 is 1.23. The summed E-state index contributed by atoms with van der Waals surface area (Å²) in [6, 6.07) is 13.5. The van der Waals surface area contributed by atoms with Crippen LogP contribution in [0.5, 0.6) is 0 Å². The summed E-state index contributed by atoms with van der Waals surface area (Å²) >= 11 is 0. The average Bonchev–Trinajstić information content (AvgIpc) is 3.18. The van der Waals surface area contributed by atoms with Gasteiger partial charge in [-0.15, -0.1) is 0 Å². The van der Waals surface area contributed by atoms with Crippen molar-refractivity contribution < 1.29 is 9.90 Å². The predicted molar refractivity (Wildman–Crippen MR) is 105 cm³/mol. The number of nitrogens with zero attached hydrogens (tertiary/aromatic N) is 3. The van der Waals surface area contributed by atoms with Crippen molar-refractivity contribution in [2.75, 3.05) is 5.32 Å².